The van der Waals surface area contributed by atoms with Gasteiger partial charge in [0, 0.05) is 0 Å². The molecule has 436 valence electrons. The van der Waals surface area contributed by atoms with Gasteiger partial charge in [-0.25, -0.2) is 0 Å². The van der Waals surface area contributed by atoms with Crippen molar-refractivity contribution >= 4 is 5.91 Å². The zero-order chi connectivity index (χ0) is 53.0. The van der Waals surface area contributed by atoms with Crippen molar-refractivity contribution in [1.29, 1.82) is 0 Å². The number of aliphatic hydroxyl groups is 4. The van der Waals surface area contributed by atoms with Gasteiger partial charge in [0.1, 0.15) is 12.2 Å². The Morgan fingerprint density at radius 2 is 0.562 bits per heavy atom. The Bertz CT molecular complexity index is 1070. The first-order chi connectivity index (χ1) is 36.0. The molecular weight excluding hydrogens is 899 g/mol. The van der Waals surface area contributed by atoms with Gasteiger partial charge in [-0.3, -0.25) is 4.79 Å². The van der Waals surface area contributed by atoms with Crippen molar-refractivity contribution in [2.45, 2.75) is 404 Å². The van der Waals surface area contributed by atoms with E-state index in [1.165, 1.54) is 315 Å². The summed E-state index contributed by atoms with van der Waals surface area (Å²) in [5.74, 6) is -0.584. The van der Waals surface area contributed by atoms with E-state index in [0.29, 0.717) is 12.8 Å². The highest BCUT2D eigenvalue weighted by Gasteiger charge is 2.28. The molecule has 0 radical (unpaired) electrons. The van der Waals surface area contributed by atoms with Crippen LogP contribution in [-0.2, 0) is 4.79 Å². The molecule has 0 fully saturated rings. The first kappa shape index (κ1) is 72.0. The zero-order valence-electron chi connectivity index (χ0n) is 49.7. The third-order valence-corrected chi connectivity index (χ3v) is 16.2. The Balaban J connectivity index is 3.56. The molecule has 0 aliphatic heterocycles. The van der Waals surface area contributed by atoms with Crippen LogP contribution in [0.1, 0.15) is 380 Å². The number of unbranched alkanes of at least 4 members (excludes halogenated alkanes) is 52. The highest BCUT2D eigenvalue weighted by Crippen LogP contribution is 2.19. The summed E-state index contributed by atoms with van der Waals surface area (Å²) in [4.78, 5) is 12.6. The first-order valence-corrected chi connectivity index (χ1v) is 33.6. The van der Waals surface area contributed by atoms with Crippen molar-refractivity contribution in [1.82, 2.24) is 5.32 Å². The maximum atomic E-state index is 12.6. The minimum Gasteiger partial charge on any atom is -0.394 e. The highest BCUT2D eigenvalue weighted by molar-refractivity contribution is 5.80. The molecule has 4 atom stereocenters. The fraction of sp³-hybridized carbons (Fsp3) is 0.955. The van der Waals surface area contributed by atoms with E-state index < -0.39 is 36.9 Å². The second-order valence-electron chi connectivity index (χ2n) is 23.5. The topological polar surface area (TPSA) is 110 Å². The molecule has 5 N–H and O–H groups in total. The minimum atomic E-state index is -1.28. The molecule has 0 aromatic rings. The molecule has 0 saturated carbocycles. The third-order valence-electron chi connectivity index (χ3n) is 16.2. The minimum absolute atomic E-state index is 0.369. The number of carbonyl (C=O) groups is 1. The van der Waals surface area contributed by atoms with Crippen molar-refractivity contribution in [2.24, 2.45) is 0 Å². The van der Waals surface area contributed by atoms with E-state index in [1.54, 1.807) is 0 Å². The molecule has 0 aromatic carbocycles. The Kier molecular flexibility index (Phi) is 61.1. The van der Waals surface area contributed by atoms with E-state index in [9.17, 15) is 25.2 Å². The van der Waals surface area contributed by atoms with Gasteiger partial charge in [0.15, 0.2) is 0 Å². The van der Waals surface area contributed by atoms with E-state index in [2.05, 4.69) is 31.3 Å². The van der Waals surface area contributed by atoms with Crippen LogP contribution >= 0.6 is 0 Å². The molecule has 4 unspecified atom stereocenters. The highest BCUT2D eigenvalue weighted by atomic mass is 16.3. The molecule has 6 nitrogen and oxygen atoms in total. The van der Waals surface area contributed by atoms with Crippen LogP contribution < -0.4 is 5.32 Å². The van der Waals surface area contributed by atoms with Crippen molar-refractivity contribution in [3.63, 3.8) is 0 Å². The van der Waals surface area contributed by atoms with Crippen LogP contribution in [0.15, 0.2) is 12.2 Å². The molecule has 0 aliphatic carbocycles. The molecule has 0 heterocycles. The predicted molar refractivity (Wildman–Crippen MR) is 321 cm³/mol. The summed E-state index contributed by atoms with van der Waals surface area (Å²) in [6.45, 7) is 4.10. The standard InChI is InChI=1S/C67H133NO5/c1-3-5-7-9-11-13-15-17-19-21-23-25-27-29-31-32-33-34-35-37-38-40-42-44-46-48-50-52-54-56-58-60-64(70)66(72)63(62-69)68-67(73)65(71)61-59-57-55-53-51-49-47-45-43-41-39-36-30-28-26-24-22-20-18-16-14-12-10-8-6-4-2/h52,54,63-66,69-72H,3-51,53,55-62H2,1-2H3,(H,68,73)/b54-52+. The SMILES string of the molecule is CCCCCCCCCCCCCCCCCCCCCCCCCCCC/C=C/CCCC(O)C(O)C(CO)NC(=O)C(O)CCCCCCCCCCCCCCCCCCCCCCCCCCCC. The summed E-state index contributed by atoms with van der Waals surface area (Å²) in [6.07, 6.45) is 76.2. The number of carbonyl (C=O) groups excluding carboxylic acids is 1. The van der Waals surface area contributed by atoms with Crippen LogP contribution in [0.4, 0.5) is 0 Å². The summed E-state index contributed by atoms with van der Waals surface area (Å²) in [5, 5.41) is 44.2. The monoisotopic (exact) mass is 1030 g/mol. The zero-order valence-corrected chi connectivity index (χ0v) is 49.7. The quantitative estimate of drug-likeness (QED) is 0.0308. The fourth-order valence-electron chi connectivity index (χ4n) is 11.0. The number of hydrogen-bond acceptors (Lipinski definition) is 5. The van der Waals surface area contributed by atoms with Crippen molar-refractivity contribution in [2.75, 3.05) is 6.61 Å². The molecule has 73 heavy (non-hydrogen) atoms. The number of rotatable bonds is 63. The van der Waals surface area contributed by atoms with Gasteiger partial charge in [0.05, 0.1) is 18.8 Å². The molecule has 1 amide bonds. The van der Waals surface area contributed by atoms with Gasteiger partial charge >= 0.3 is 0 Å². The average Bonchev–Trinajstić information content (AvgIpc) is 3.40. The van der Waals surface area contributed by atoms with Gasteiger partial charge in [-0.1, -0.05) is 353 Å². The summed E-state index contributed by atoms with van der Waals surface area (Å²) in [7, 11) is 0. The van der Waals surface area contributed by atoms with Gasteiger partial charge in [-0.15, -0.1) is 0 Å². The lowest BCUT2D eigenvalue weighted by Gasteiger charge is -2.27. The van der Waals surface area contributed by atoms with Crippen LogP contribution in [0.3, 0.4) is 0 Å². The molecule has 0 spiro atoms. The maximum absolute atomic E-state index is 12.6. The van der Waals surface area contributed by atoms with E-state index >= 15 is 0 Å². The molecule has 6 heteroatoms. The first-order valence-electron chi connectivity index (χ1n) is 33.6. The van der Waals surface area contributed by atoms with Gasteiger partial charge in [-0.05, 0) is 38.5 Å². The average molecular weight is 1030 g/mol. The van der Waals surface area contributed by atoms with Crippen LogP contribution in [0.2, 0.25) is 0 Å². The number of amides is 1. The van der Waals surface area contributed by atoms with Crippen LogP contribution in [0.5, 0.6) is 0 Å². The Hall–Kier alpha value is -0.950. The molecular formula is C67H133NO5. The third kappa shape index (κ3) is 55.6. The van der Waals surface area contributed by atoms with Crippen LogP contribution in [0.25, 0.3) is 0 Å². The molecule has 0 aliphatic rings. The lowest BCUT2D eigenvalue weighted by Crippen LogP contribution is -2.53. The van der Waals surface area contributed by atoms with E-state index in [0.717, 1.165) is 38.5 Å². The molecule has 0 saturated heterocycles. The Labute approximate surface area is 457 Å². The Morgan fingerprint density at radius 3 is 0.822 bits per heavy atom. The van der Waals surface area contributed by atoms with Crippen molar-refractivity contribution < 1.29 is 25.2 Å². The summed E-state index contributed by atoms with van der Waals surface area (Å²) in [6, 6.07) is -1.000. The van der Waals surface area contributed by atoms with Crippen LogP contribution in [0, 0.1) is 0 Å². The summed E-state index contributed by atoms with van der Waals surface area (Å²) in [5.41, 5.74) is 0. The normalized spacial score (nSPS) is 13.6. The molecule has 0 rings (SSSR count). The largest absolute Gasteiger partial charge is 0.394 e. The molecule has 0 aromatic heterocycles. The molecule has 0 bridgehead atoms. The number of hydrogen-bond donors (Lipinski definition) is 5. The second-order valence-corrected chi connectivity index (χ2v) is 23.5. The second kappa shape index (κ2) is 61.9. The Morgan fingerprint density at radius 1 is 0.329 bits per heavy atom. The number of aliphatic hydroxyl groups excluding tert-OH is 4. The smallest absolute Gasteiger partial charge is 0.249 e. The van der Waals surface area contributed by atoms with Gasteiger partial charge in [-0.2, -0.15) is 0 Å². The summed E-state index contributed by atoms with van der Waals surface area (Å²) < 4.78 is 0. The van der Waals surface area contributed by atoms with Gasteiger partial charge in [0.2, 0.25) is 5.91 Å². The van der Waals surface area contributed by atoms with E-state index in [1.807, 2.05) is 0 Å². The van der Waals surface area contributed by atoms with Gasteiger partial charge < -0.3 is 25.7 Å². The number of nitrogens with one attached hydrogen (secondary N) is 1. The van der Waals surface area contributed by atoms with Crippen molar-refractivity contribution in [3.8, 4) is 0 Å². The maximum Gasteiger partial charge on any atom is 0.249 e. The lowest BCUT2D eigenvalue weighted by atomic mass is 10.00. The lowest BCUT2D eigenvalue weighted by molar-refractivity contribution is -0.132. The summed E-state index contributed by atoms with van der Waals surface area (Å²) >= 11 is 0. The number of allylic oxidation sites excluding steroid dienone is 2. The van der Waals surface area contributed by atoms with Crippen molar-refractivity contribution in [3.05, 3.63) is 12.2 Å². The van der Waals surface area contributed by atoms with Crippen LogP contribution in [-0.4, -0.2) is 57.3 Å². The van der Waals surface area contributed by atoms with E-state index in [-0.39, 0.29) is 0 Å². The predicted octanol–water partition coefficient (Wildman–Crippen LogP) is 20.4. The van der Waals surface area contributed by atoms with Gasteiger partial charge in [0.25, 0.3) is 0 Å². The van der Waals surface area contributed by atoms with E-state index in [4.69, 9.17) is 0 Å². The fourth-order valence-corrected chi connectivity index (χ4v) is 11.0.